The number of rotatable bonds is 7. The Balaban J connectivity index is 1.52. The van der Waals surface area contributed by atoms with Crippen LogP contribution in [0.5, 0.6) is 5.75 Å². The number of amides is 1. The molecule has 1 aromatic heterocycles. The van der Waals surface area contributed by atoms with Gasteiger partial charge in [0.05, 0.1) is 6.04 Å². The average molecular weight is 348 g/mol. The summed E-state index contributed by atoms with van der Waals surface area (Å²) in [5, 5.41) is 7.10. The molecule has 6 heteroatoms. The number of para-hydroxylation sites is 1. The van der Waals surface area contributed by atoms with E-state index in [1.54, 1.807) is 23.5 Å². The van der Waals surface area contributed by atoms with Gasteiger partial charge in [-0.25, -0.2) is 4.39 Å². The van der Waals surface area contributed by atoms with Gasteiger partial charge in [-0.05, 0) is 60.5 Å². The van der Waals surface area contributed by atoms with E-state index in [1.165, 1.54) is 30.5 Å². The van der Waals surface area contributed by atoms with E-state index in [2.05, 4.69) is 27.0 Å². The molecule has 1 amide bonds. The van der Waals surface area contributed by atoms with Crippen molar-refractivity contribution in [2.75, 3.05) is 26.2 Å². The fraction of sp³-hybridized carbons (Fsp3) is 0.389. The van der Waals surface area contributed by atoms with Crippen LogP contribution in [0.25, 0.3) is 0 Å². The number of carbonyl (C=O) groups excluding carboxylic acids is 1. The second-order valence-corrected chi connectivity index (χ2v) is 6.62. The normalized spacial score (nSPS) is 16.0. The minimum Gasteiger partial charge on any atom is -0.481 e. The average Bonchev–Trinajstić information content (AvgIpc) is 3.28. The van der Waals surface area contributed by atoms with E-state index in [4.69, 9.17) is 4.74 Å². The summed E-state index contributed by atoms with van der Waals surface area (Å²) in [6.45, 7) is 2.47. The molecule has 1 aromatic carbocycles. The highest BCUT2D eigenvalue weighted by atomic mass is 32.1. The number of thiophene rings is 1. The Morgan fingerprint density at radius 1 is 1.29 bits per heavy atom. The van der Waals surface area contributed by atoms with E-state index < -0.39 is 5.82 Å². The second kappa shape index (κ2) is 8.26. The highest BCUT2D eigenvalue weighted by molar-refractivity contribution is 7.07. The summed E-state index contributed by atoms with van der Waals surface area (Å²) in [7, 11) is 0. The number of carbonyl (C=O) groups is 1. The van der Waals surface area contributed by atoms with Crippen LogP contribution >= 0.6 is 11.3 Å². The first-order valence-corrected chi connectivity index (χ1v) is 9.08. The first-order chi connectivity index (χ1) is 11.7. The topological polar surface area (TPSA) is 41.6 Å². The highest BCUT2D eigenvalue weighted by Gasteiger charge is 2.24. The zero-order valence-corrected chi connectivity index (χ0v) is 14.2. The van der Waals surface area contributed by atoms with Gasteiger partial charge in [0, 0.05) is 6.54 Å². The fourth-order valence-electron chi connectivity index (χ4n) is 2.94. The second-order valence-electron chi connectivity index (χ2n) is 5.84. The Kier molecular flexibility index (Phi) is 5.82. The number of halogens is 1. The summed E-state index contributed by atoms with van der Waals surface area (Å²) in [5.41, 5.74) is 1.23. The molecule has 1 fully saturated rings. The molecule has 0 aliphatic carbocycles. The SMILES string of the molecule is O=C(COc1ccccc1F)NC[C@H](c1ccsc1)N1CCCC1. The van der Waals surface area contributed by atoms with Gasteiger partial charge in [-0.2, -0.15) is 11.3 Å². The molecule has 1 saturated heterocycles. The van der Waals surface area contributed by atoms with Gasteiger partial charge in [0.15, 0.2) is 18.2 Å². The van der Waals surface area contributed by atoms with Crippen LogP contribution in [-0.2, 0) is 4.79 Å². The predicted octanol–water partition coefficient (Wildman–Crippen LogP) is 3.22. The minimum atomic E-state index is -0.460. The molecule has 1 aliphatic rings. The van der Waals surface area contributed by atoms with Gasteiger partial charge in [0.25, 0.3) is 5.91 Å². The van der Waals surface area contributed by atoms with Crippen molar-refractivity contribution < 1.29 is 13.9 Å². The third-order valence-corrected chi connectivity index (χ3v) is 4.90. The van der Waals surface area contributed by atoms with Crippen molar-refractivity contribution in [1.29, 1.82) is 0 Å². The first kappa shape index (κ1) is 16.9. The Hall–Kier alpha value is -1.92. The van der Waals surface area contributed by atoms with Crippen molar-refractivity contribution in [2.24, 2.45) is 0 Å². The Bertz CT molecular complexity index is 657. The number of hydrogen-bond acceptors (Lipinski definition) is 4. The molecule has 1 atom stereocenters. The standard InChI is InChI=1S/C18H21FN2O2S/c19-15-5-1-2-6-17(15)23-12-18(22)20-11-16(14-7-10-24-13-14)21-8-3-4-9-21/h1-2,5-7,10,13,16H,3-4,8-9,11-12H2,(H,20,22)/t16-/m1/s1. The summed E-state index contributed by atoms with van der Waals surface area (Å²) in [4.78, 5) is 14.4. The van der Waals surface area contributed by atoms with Crippen LogP contribution in [0, 0.1) is 5.82 Å². The van der Waals surface area contributed by atoms with Crippen molar-refractivity contribution in [3.8, 4) is 5.75 Å². The summed E-state index contributed by atoms with van der Waals surface area (Å²) in [6, 6.07) is 8.39. The quantitative estimate of drug-likeness (QED) is 0.835. The van der Waals surface area contributed by atoms with E-state index in [1.807, 2.05) is 0 Å². The maximum atomic E-state index is 13.5. The molecule has 0 saturated carbocycles. The Labute approximate surface area is 145 Å². The maximum absolute atomic E-state index is 13.5. The molecular formula is C18H21FN2O2S. The largest absolute Gasteiger partial charge is 0.481 e. The smallest absolute Gasteiger partial charge is 0.258 e. The molecule has 2 aromatic rings. The summed E-state index contributed by atoms with van der Waals surface area (Å²) < 4.78 is 18.7. The number of nitrogens with zero attached hydrogens (tertiary/aromatic N) is 1. The lowest BCUT2D eigenvalue weighted by atomic mass is 10.1. The summed E-state index contributed by atoms with van der Waals surface area (Å²) >= 11 is 1.66. The van der Waals surface area contributed by atoms with E-state index in [9.17, 15) is 9.18 Å². The predicted molar refractivity (Wildman–Crippen MR) is 92.8 cm³/mol. The van der Waals surface area contributed by atoms with Crippen LogP contribution in [0.15, 0.2) is 41.1 Å². The molecule has 0 unspecified atom stereocenters. The molecule has 24 heavy (non-hydrogen) atoms. The monoisotopic (exact) mass is 348 g/mol. The van der Waals surface area contributed by atoms with E-state index in [0.717, 1.165) is 13.1 Å². The van der Waals surface area contributed by atoms with Crippen molar-refractivity contribution >= 4 is 17.2 Å². The number of hydrogen-bond donors (Lipinski definition) is 1. The molecule has 1 aliphatic heterocycles. The van der Waals surface area contributed by atoms with Crippen molar-refractivity contribution in [3.05, 3.63) is 52.5 Å². The van der Waals surface area contributed by atoms with Gasteiger partial charge in [0.2, 0.25) is 0 Å². The van der Waals surface area contributed by atoms with Crippen LogP contribution in [0.3, 0.4) is 0 Å². The molecule has 0 bridgehead atoms. The zero-order chi connectivity index (χ0) is 16.8. The Morgan fingerprint density at radius 2 is 2.08 bits per heavy atom. The van der Waals surface area contributed by atoms with Gasteiger partial charge in [-0.3, -0.25) is 9.69 Å². The lowest BCUT2D eigenvalue weighted by Gasteiger charge is -2.27. The van der Waals surface area contributed by atoms with Crippen LogP contribution in [0.1, 0.15) is 24.4 Å². The molecule has 3 rings (SSSR count). The van der Waals surface area contributed by atoms with Gasteiger partial charge >= 0.3 is 0 Å². The number of benzene rings is 1. The third kappa shape index (κ3) is 4.33. The zero-order valence-electron chi connectivity index (χ0n) is 13.4. The van der Waals surface area contributed by atoms with Crippen molar-refractivity contribution in [1.82, 2.24) is 10.2 Å². The minimum absolute atomic E-state index is 0.0987. The van der Waals surface area contributed by atoms with E-state index in [0.29, 0.717) is 6.54 Å². The molecule has 0 radical (unpaired) electrons. The third-order valence-electron chi connectivity index (χ3n) is 4.20. The first-order valence-electron chi connectivity index (χ1n) is 8.14. The molecule has 1 N–H and O–H groups in total. The van der Waals surface area contributed by atoms with Crippen molar-refractivity contribution in [2.45, 2.75) is 18.9 Å². The van der Waals surface area contributed by atoms with Crippen LogP contribution in [-0.4, -0.2) is 37.0 Å². The van der Waals surface area contributed by atoms with Crippen LogP contribution < -0.4 is 10.1 Å². The number of ether oxygens (including phenoxy) is 1. The van der Waals surface area contributed by atoms with Crippen LogP contribution in [0.2, 0.25) is 0 Å². The summed E-state index contributed by atoms with van der Waals surface area (Å²) in [5.74, 6) is -0.599. The Morgan fingerprint density at radius 3 is 2.79 bits per heavy atom. The van der Waals surface area contributed by atoms with Crippen LogP contribution in [0.4, 0.5) is 4.39 Å². The number of nitrogens with one attached hydrogen (secondary N) is 1. The maximum Gasteiger partial charge on any atom is 0.258 e. The highest BCUT2D eigenvalue weighted by Crippen LogP contribution is 2.26. The molecule has 2 heterocycles. The summed E-state index contributed by atoms with van der Waals surface area (Å²) in [6.07, 6.45) is 2.40. The van der Waals surface area contributed by atoms with Gasteiger partial charge in [-0.15, -0.1) is 0 Å². The lowest BCUT2D eigenvalue weighted by Crippen LogP contribution is -2.38. The van der Waals surface area contributed by atoms with E-state index >= 15 is 0 Å². The molecule has 128 valence electrons. The van der Waals surface area contributed by atoms with Gasteiger partial charge < -0.3 is 10.1 Å². The van der Waals surface area contributed by atoms with Gasteiger partial charge in [0.1, 0.15) is 0 Å². The van der Waals surface area contributed by atoms with E-state index in [-0.39, 0.29) is 24.3 Å². The molecule has 4 nitrogen and oxygen atoms in total. The molecule has 0 spiro atoms. The lowest BCUT2D eigenvalue weighted by molar-refractivity contribution is -0.123. The van der Waals surface area contributed by atoms with Gasteiger partial charge in [-0.1, -0.05) is 12.1 Å². The molecular weight excluding hydrogens is 327 g/mol. The number of likely N-dealkylation sites (tertiary alicyclic amines) is 1. The fourth-order valence-corrected chi connectivity index (χ4v) is 3.65. The van der Waals surface area contributed by atoms with Crippen molar-refractivity contribution in [3.63, 3.8) is 0 Å².